The predicted molar refractivity (Wildman–Crippen MR) is 91.5 cm³/mol. The van der Waals surface area contributed by atoms with Gasteiger partial charge in [0, 0.05) is 17.1 Å². The van der Waals surface area contributed by atoms with E-state index in [0.29, 0.717) is 5.69 Å². The van der Waals surface area contributed by atoms with Gasteiger partial charge in [-0.05, 0) is 44.2 Å². The van der Waals surface area contributed by atoms with Crippen LogP contribution in [0.25, 0.3) is 0 Å². The van der Waals surface area contributed by atoms with E-state index in [1.54, 1.807) is 0 Å². The van der Waals surface area contributed by atoms with Gasteiger partial charge in [0.2, 0.25) is 16.0 Å². The predicted octanol–water partition coefficient (Wildman–Crippen LogP) is 1.22. The van der Waals surface area contributed by atoms with Gasteiger partial charge in [0.25, 0.3) is 5.95 Å². The molecular formula is C13H17ClN6O2S. The van der Waals surface area contributed by atoms with Gasteiger partial charge in [-0.2, -0.15) is 4.99 Å². The van der Waals surface area contributed by atoms with Crippen LogP contribution in [-0.4, -0.2) is 24.3 Å². The lowest BCUT2D eigenvalue weighted by molar-refractivity contribution is 0.598. The third kappa shape index (κ3) is 5.47. The quantitative estimate of drug-likeness (QED) is 0.558. The fourth-order valence-electron chi connectivity index (χ4n) is 1.77. The fraction of sp³-hybridized carbons (Fsp3) is 0.154. The number of nitrogens with two attached hydrogens (primary N) is 2. The monoisotopic (exact) mass is 356 g/mol. The average Bonchev–Trinajstić information content (AvgIpc) is 2.36. The highest BCUT2D eigenvalue weighted by molar-refractivity contribution is 7.89. The Kier molecular flexibility index (Phi) is 6.02. The molecule has 0 unspecified atom stereocenters. The Bertz CT molecular complexity index is 801. The molecule has 124 valence electrons. The summed E-state index contributed by atoms with van der Waals surface area (Å²) in [5, 5.41) is 7.85. The summed E-state index contributed by atoms with van der Waals surface area (Å²) in [6.07, 6.45) is 0. The van der Waals surface area contributed by atoms with E-state index in [9.17, 15) is 8.42 Å². The van der Waals surface area contributed by atoms with Crippen LogP contribution in [0.5, 0.6) is 0 Å². The van der Waals surface area contributed by atoms with Gasteiger partial charge in [-0.25, -0.2) is 23.5 Å². The normalized spacial score (nSPS) is 11.7. The summed E-state index contributed by atoms with van der Waals surface area (Å²) in [4.78, 5) is 12.4. The summed E-state index contributed by atoms with van der Waals surface area (Å²) >= 11 is 0. The number of benzene rings is 1. The van der Waals surface area contributed by atoms with Crippen molar-refractivity contribution in [2.24, 2.45) is 15.9 Å². The van der Waals surface area contributed by atoms with Crippen molar-refractivity contribution < 1.29 is 8.42 Å². The summed E-state index contributed by atoms with van der Waals surface area (Å²) < 4.78 is 22.3. The molecule has 1 aromatic heterocycles. The minimum atomic E-state index is -3.72. The van der Waals surface area contributed by atoms with Gasteiger partial charge in [-0.3, -0.25) is 0 Å². The third-order valence-corrected chi connectivity index (χ3v) is 3.58. The molecule has 0 aliphatic carbocycles. The molecule has 2 rings (SSSR count). The molecule has 2 aromatic rings. The first-order valence-electron chi connectivity index (χ1n) is 6.30. The number of anilines is 1. The number of sulfonamides is 1. The lowest BCUT2D eigenvalue weighted by atomic mass is 10.3. The zero-order valence-electron chi connectivity index (χ0n) is 12.5. The zero-order chi connectivity index (χ0) is 16.3. The number of aliphatic imine (C=N–C) groups is 1. The first kappa shape index (κ1) is 18.8. The summed E-state index contributed by atoms with van der Waals surface area (Å²) in [6, 6.07) is 7.64. The van der Waals surface area contributed by atoms with E-state index >= 15 is 0 Å². The molecular weight excluding hydrogens is 340 g/mol. The van der Waals surface area contributed by atoms with E-state index in [0.717, 1.165) is 11.4 Å². The Morgan fingerprint density at radius 3 is 2.13 bits per heavy atom. The van der Waals surface area contributed by atoms with Crippen LogP contribution in [0.1, 0.15) is 11.4 Å². The van der Waals surface area contributed by atoms with E-state index in [-0.39, 0.29) is 29.2 Å². The van der Waals surface area contributed by atoms with Gasteiger partial charge in [0.15, 0.2) is 0 Å². The third-order valence-electron chi connectivity index (χ3n) is 2.65. The number of nitrogens with zero attached hydrogens (tertiary/aromatic N) is 3. The van der Waals surface area contributed by atoms with Crippen molar-refractivity contribution in [2.75, 3.05) is 5.32 Å². The van der Waals surface area contributed by atoms with E-state index in [2.05, 4.69) is 20.3 Å². The smallest absolute Gasteiger partial charge is 0.253 e. The van der Waals surface area contributed by atoms with Crippen LogP contribution >= 0.6 is 12.4 Å². The van der Waals surface area contributed by atoms with Crippen molar-refractivity contribution >= 4 is 40.0 Å². The molecule has 0 spiro atoms. The highest BCUT2D eigenvalue weighted by Crippen LogP contribution is 2.13. The van der Waals surface area contributed by atoms with Gasteiger partial charge >= 0.3 is 0 Å². The van der Waals surface area contributed by atoms with Gasteiger partial charge in [0.05, 0.1) is 4.90 Å². The van der Waals surface area contributed by atoms with Crippen molar-refractivity contribution in [3.8, 4) is 0 Å². The first-order valence-corrected chi connectivity index (χ1v) is 7.85. The van der Waals surface area contributed by atoms with E-state index in [4.69, 9.17) is 10.9 Å². The minimum absolute atomic E-state index is 0. The van der Waals surface area contributed by atoms with Crippen molar-refractivity contribution in [3.05, 3.63) is 41.7 Å². The summed E-state index contributed by atoms with van der Waals surface area (Å²) in [5.41, 5.74) is 7.92. The molecule has 0 amide bonds. The Balaban J connectivity index is 0.00000264. The van der Waals surface area contributed by atoms with Gasteiger partial charge < -0.3 is 11.1 Å². The number of primary sulfonamides is 1. The summed E-state index contributed by atoms with van der Waals surface area (Å²) in [7, 11) is -3.72. The number of rotatable bonds is 3. The second-order valence-corrected chi connectivity index (χ2v) is 6.20. The van der Waals surface area contributed by atoms with Crippen molar-refractivity contribution in [3.63, 3.8) is 0 Å². The van der Waals surface area contributed by atoms with Crippen LogP contribution < -0.4 is 16.2 Å². The van der Waals surface area contributed by atoms with E-state index in [1.807, 2.05) is 19.9 Å². The summed E-state index contributed by atoms with van der Waals surface area (Å²) in [5.74, 6) is 0.344. The number of aryl methyl sites for hydroxylation is 2. The molecule has 8 nitrogen and oxygen atoms in total. The molecule has 5 N–H and O–H groups in total. The van der Waals surface area contributed by atoms with Crippen LogP contribution in [0.3, 0.4) is 0 Å². The van der Waals surface area contributed by atoms with Crippen LogP contribution in [0.2, 0.25) is 0 Å². The average molecular weight is 357 g/mol. The fourth-order valence-corrected chi connectivity index (χ4v) is 2.28. The molecule has 0 atom stereocenters. The largest absolute Gasteiger partial charge is 0.369 e. The van der Waals surface area contributed by atoms with Crippen LogP contribution in [0, 0.1) is 13.8 Å². The highest BCUT2D eigenvalue weighted by atomic mass is 35.5. The van der Waals surface area contributed by atoms with Gasteiger partial charge in [-0.15, -0.1) is 12.4 Å². The molecule has 1 heterocycles. The second kappa shape index (κ2) is 7.36. The molecule has 10 heteroatoms. The summed E-state index contributed by atoms with van der Waals surface area (Å²) in [6.45, 7) is 3.67. The van der Waals surface area contributed by atoms with Gasteiger partial charge in [-0.1, -0.05) is 0 Å². The second-order valence-electron chi connectivity index (χ2n) is 4.64. The number of halogens is 1. The number of guanidine groups is 1. The minimum Gasteiger partial charge on any atom is -0.369 e. The Labute approximate surface area is 140 Å². The zero-order valence-corrected chi connectivity index (χ0v) is 14.1. The number of aromatic nitrogens is 2. The molecule has 0 radical (unpaired) electrons. The maximum absolute atomic E-state index is 11.2. The lowest BCUT2D eigenvalue weighted by Gasteiger charge is -2.06. The molecule has 0 saturated carbocycles. The van der Waals surface area contributed by atoms with Crippen molar-refractivity contribution in [2.45, 2.75) is 18.7 Å². The van der Waals surface area contributed by atoms with Crippen molar-refractivity contribution in [1.29, 1.82) is 0 Å². The van der Waals surface area contributed by atoms with Crippen molar-refractivity contribution in [1.82, 2.24) is 9.97 Å². The molecule has 0 aliphatic rings. The van der Waals surface area contributed by atoms with Crippen LogP contribution in [-0.2, 0) is 10.0 Å². The van der Waals surface area contributed by atoms with Gasteiger partial charge in [0.1, 0.15) is 0 Å². The standard InChI is InChI=1S/C13H16N6O2S.ClH/c1-8-7-9(2)17-13(16-8)19-12(14)18-10-3-5-11(6-4-10)22(15,20)21;/h3-7H,1-2H3,(H2,15,20,21)(H3,14,16,17,18,19);1H. The molecule has 0 fully saturated rings. The Hall–Kier alpha value is -2.23. The number of hydrogen-bond acceptors (Lipinski definition) is 5. The molecule has 1 aromatic carbocycles. The lowest BCUT2D eigenvalue weighted by Crippen LogP contribution is -2.22. The highest BCUT2D eigenvalue weighted by Gasteiger charge is 2.07. The van der Waals surface area contributed by atoms with Crippen LogP contribution in [0.4, 0.5) is 11.6 Å². The first-order chi connectivity index (χ1) is 10.2. The Morgan fingerprint density at radius 2 is 1.65 bits per heavy atom. The maximum Gasteiger partial charge on any atom is 0.253 e. The SMILES string of the molecule is Cc1cc(C)nc(N=C(N)Nc2ccc(S(N)(=O)=O)cc2)n1.Cl. The molecule has 0 bridgehead atoms. The molecule has 0 aliphatic heterocycles. The Morgan fingerprint density at radius 1 is 1.13 bits per heavy atom. The number of nitrogens with one attached hydrogen (secondary N) is 1. The molecule has 0 saturated heterocycles. The topological polar surface area (TPSA) is 136 Å². The number of hydrogen-bond donors (Lipinski definition) is 3. The maximum atomic E-state index is 11.2. The van der Waals surface area contributed by atoms with Crippen LogP contribution in [0.15, 0.2) is 40.2 Å². The molecule has 23 heavy (non-hydrogen) atoms. The van der Waals surface area contributed by atoms with E-state index in [1.165, 1.54) is 24.3 Å². The van der Waals surface area contributed by atoms with E-state index < -0.39 is 10.0 Å².